The molecule has 0 radical (unpaired) electrons. The lowest BCUT2D eigenvalue weighted by Gasteiger charge is -2.15. The van der Waals surface area contributed by atoms with Crippen LogP contribution in [-0.4, -0.2) is 17.0 Å². The molecule has 0 aromatic heterocycles. The zero-order valence-corrected chi connectivity index (χ0v) is 12.6. The fraction of sp³-hybridized carbons (Fsp3) is 0.529. The van der Waals surface area contributed by atoms with Gasteiger partial charge >= 0.3 is 5.97 Å². The summed E-state index contributed by atoms with van der Waals surface area (Å²) in [6.45, 7) is 4.57. The molecule has 0 heterocycles. The minimum atomic E-state index is -0.855. The molecular formula is C17H23NO3. The Morgan fingerprint density at radius 3 is 2.29 bits per heavy atom. The standard InChI is InChI=1S/C17H23NO3/c1-3-12-4-6-13(7-5-12)10-18-16(19)14-8-11(2)9-15(14)17(20)21/h4-7,11,14-15H,3,8-10H2,1-2H3,(H,18,19)(H,20,21). The van der Waals surface area contributed by atoms with Crippen LogP contribution in [0.25, 0.3) is 0 Å². The molecule has 3 atom stereocenters. The Kier molecular flexibility index (Phi) is 4.99. The van der Waals surface area contributed by atoms with E-state index in [9.17, 15) is 14.7 Å². The summed E-state index contributed by atoms with van der Waals surface area (Å²) >= 11 is 0. The summed E-state index contributed by atoms with van der Waals surface area (Å²) in [6, 6.07) is 8.12. The van der Waals surface area contributed by atoms with Crippen LogP contribution in [0.15, 0.2) is 24.3 Å². The first-order valence-electron chi connectivity index (χ1n) is 7.59. The Morgan fingerprint density at radius 2 is 1.71 bits per heavy atom. The highest BCUT2D eigenvalue weighted by atomic mass is 16.4. The van der Waals surface area contributed by atoms with Crippen LogP contribution in [0.4, 0.5) is 0 Å². The van der Waals surface area contributed by atoms with E-state index in [-0.39, 0.29) is 5.91 Å². The van der Waals surface area contributed by atoms with Crippen LogP contribution in [0.5, 0.6) is 0 Å². The van der Waals surface area contributed by atoms with E-state index >= 15 is 0 Å². The SMILES string of the molecule is CCc1ccc(CNC(=O)C2CC(C)CC2C(=O)O)cc1. The van der Waals surface area contributed by atoms with Crippen LogP contribution in [0.1, 0.15) is 37.8 Å². The minimum absolute atomic E-state index is 0.133. The summed E-state index contributed by atoms with van der Waals surface area (Å²) in [5, 5.41) is 12.1. The largest absolute Gasteiger partial charge is 0.481 e. The average molecular weight is 289 g/mol. The van der Waals surface area contributed by atoms with Gasteiger partial charge in [-0.25, -0.2) is 0 Å². The van der Waals surface area contributed by atoms with Gasteiger partial charge in [-0.1, -0.05) is 38.1 Å². The number of carbonyl (C=O) groups excluding carboxylic acids is 1. The monoisotopic (exact) mass is 289 g/mol. The second kappa shape index (κ2) is 6.74. The number of hydrogen-bond donors (Lipinski definition) is 2. The van der Waals surface area contributed by atoms with Crippen molar-refractivity contribution in [3.63, 3.8) is 0 Å². The summed E-state index contributed by atoms with van der Waals surface area (Å²) in [4.78, 5) is 23.5. The number of aryl methyl sites for hydroxylation is 1. The predicted octanol–water partition coefficient (Wildman–Crippen LogP) is 2.61. The molecular weight excluding hydrogens is 266 g/mol. The van der Waals surface area contributed by atoms with Crippen molar-refractivity contribution in [3.05, 3.63) is 35.4 Å². The normalized spacial score (nSPS) is 24.8. The Bertz CT molecular complexity index is 509. The van der Waals surface area contributed by atoms with E-state index in [0.29, 0.717) is 25.3 Å². The molecule has 1 saturated carbocycles. The van der Waals surface area contributed by atoms with Gasteiger partial charge in [-0.2, -0.15) is 0 Å². The fourth-order valence-electron chi connectivity index (χ4n) is 3.07. The predicted molar refractivity (Wildman–Crippen MR) is 80.7 cm³/mol. The van der Waals surface area contributed by atoms with E-state index in [0.717, 1.165) is 12.0 Å². The average Bonchev–Trinajstić information content (AvgIpc) is 2.87. The molecule has 1 amide bonds. The molecule has 2 N–H and O–H groups in total. The van der Waals surface area contributed by atoms with Crippen molar-refractivity contribution in [2.45, 2.75) is 39.7 Å². The number of rotatable bonds is 5. The molecule has 1 aliphatic carbocycles. The topological polar surface area (TPSA) is 66.4 Å². The number of aliphatic carboxylic acids is 1. The van der Waals surface area contributed by atoms with Crippen molar-refractivity contribution in [2.24, 2.45) is 17.8 Å². The Labute approximate surface area is 125 Å². The Morgan fingerprint density at radius 1 is 1.14 bits per heavy atom. The van der Waals surface area contributed by atoms with Gasteiger partial charge in [0.2, 0.25) is 5.91 Å². The first-order chi connectivity index (χ1) is 10.0. The Hall–Kier alpha value is -1.84. The van der Waals surface area contributed by atoms with E-state index in [1.807, 2.05) is 19.1 Å². The zero-order chi connectivity index (χ0) is 15.4. The second-order valence-electron chi connectivity index (χ2n) is 6.02. The summed E-state index contributed by atoms with van der Waals surface area (Å²) in [5.41, 5.74) is 2.30. The number of nitrogens with one attached hydrogen (secondary N) is 1. The molecule has 0 spiro atoms. The molecule has 114 valence electrons. The van der Waals surface area contributed by atoms with E-state index < -0.39 is 17.8 Å². The summed E-state index contributed by atoms with van der Waals surface area (Å²) < 4.78 is 0. The lowest BCUT2D eigenvalue weighted by molar-refractivity contribution is -0.146. The van der Waals surface area contributed by atoms with Crippen molar-refractivity contribution >= 4 is 11.9 Å². The number of benzene rings is 1. The molecule has 1 aliphatic rings. The van der Waals surface area contributed by atoms with E-state index in [1.54, 1.807) is 0 Å². The zero-order valence-electron chi connectivity index (χ0n) is 12.6. The molecule has 0 bridgehead atoms. The molecule has 1 aromatic rings. The van der Waals surface area contributed by atoms with E-state index in [1.165, 1.54) is 5.56 Å². The lowest BCUT2D eigenvalue weighted by Crippen LogP contribution is -2.34. The quantitative estimate of drug-likeness (QED) is 0.875. The molecule has 1 aromatic carbocycles. The van der Waals surface area contributed by atoms with Crippen LogP contribution in [-0.2, 0) is 22.6 Å². The van der Waals surface area contributed by atoms with Gasteiger partial charge in [-0.15, -0.1) is 0 Å². The highest BCUT2D eigenvalue weighted by molar-refractivity contribution is 5.85. The maximum Gasteiger partial charge on any atom is 0.307 e. The maximum atomic E-state index is 12.2. The third kappa shape index (κ3) is 3.84. The van der Waals surface area contributed by atoms with Crippen LogP contribution < -0.4 is 5.32 Å². The summed E-state index contributed by atoms with van der Waals surface area (Å²) in [7, 11) is 0. The fourth-order valence-corrected chi connectivity index (χ4v) is 3.07. The van der Waals surface area contributed by atoms with Gasteiger partial charge in [-0.3, -0.25) is 9.59 Å². The van der Waals surface area contributed by atoms with Crippen molar-refractivity contribution in [2.75, 3.05) is 0 Å². The molecule has 21 heavy (non-hydrogen) atoms. The highest BCUT2D eigenvalue weighted by Crippen LogP contribution is 2.36. The van der Waals surface area contributed by atoms with Crippen molar-refractivity contribution in [1.29, 1.82) is 0 Å². The van der Waals surface area contributed by atoms with E-state index in [4.69, 9.17) is 0 Å². The first kappa shape index (κ1) is 15.5. The summed E-state index contributed by atoms with van der Waals surface area (Å²) in [6.07, 6.45) is 2.25. The highest BCUT2D eigenvalue weighted by Gasteiger charge is 2.40. The maximum absolute atomic E-state index is 12.2. The lowest BCUT2D eigenvalue weighted by atomic mass is 9.95. The number of amides is 1. The van der Waals surface area contributed by atoms with Crippen molar-refractivity contribution in [3.8, 4) is 0 Å². The second-order valence-corrected chi connectivity index (χ2v) is 6.02. The number of carbonyl (C=O) groups is 2. The Balaban J connectivity index is 1.92. The van der Waals surface area contributed by atoms with Gasteiger partial charge in [-0.05, 0) is 36.3 Å². The van der Waals surface area contributed by atoms with Crippen LogP contribution in [0.3, 0.4) is 0 Å². The smallest absolute Gasteiger partial charge is 0.307 e. The van der Waals surface area contributed by atoms with Gasteiger partial charge in [0.1, 0.15) is 0 Å². The number of carboxylic acid groups (broad SMARTS) is 1. The molecule has 3 unspecified atom stereocenters. The van der Waals surface area contributed by atoms with Crippen molar-refractivity contribution < 1.29 is 14.7 Å². The van der Waals surface area contributed by atoms with Gasteiger partial charge in [0.15, 0.2) is 0 Å². The molecule has 4 nitrogen and oxygen atoms in total. The number of hydrogen-bond acceptors (Lipinski definition) is 2. The van der Waals surface area contributed by atoms with Crippen LogP contribution in [0.2, 0.25) is 0 Å². The minimum Gasteiger partial charge on any atom is -0.481 e. The van der Waals surface area contributed by atoms with E-state index in [2.05, 4.69) is 24.4 Å². The first-order valence-corrected chi connectivity index (χ1v) is 7.59. The third-order valence-electron chi connectivity index (χ3n) is 4.35. The molecule has 0 aliphatic heterocycles. The van der Waals surface area contributed by atoms with Crippen molar-refractivity contribution in [1.82, 2.24) is 5.32 Å². The molecule has 4 heteroatoms. The molecule has 1 fully saturated rings. The van der Waals surface area contributed by atoms with Crippen LogP contribution >= 0.6 is 0 Å². The van der Waals surface area contributed by atoms with Gasteiger partial charge in [0, 0.05) is 6.54 Å². The van der Waals surface area contributed by atoms with Gasteiger partial charge < -0.3 is 10.4 Å². The molecule has 2 rings (SSSR count). The third-order valence-corrected chi connectivity index (χ3v) is 4.35. The summed E-state index contributed by atoms with van der Waals surface area (Å²) in [5.74, 6) is -1.63. The van der Waals surface area contributed by atoms with Gasteiger partial charge in [0.05, 0.1) is 11.8 Å². The van der Waals surface area contributed by atoms with Gasteiger partial charge in [0.25, 0.3) is 0 Å². The van der Waals surface area contributed by atoms with Crippen LogP contribution in [0, 0.1) is 17.8 Å². The number of carboxylic acids is 1. The molecule has 0 saturated heterocycles.